The Morgan fingerprint density at radius 3 is 2.68 bits per heavy atom. The number of carbonyl (C=O) groups is 1. The fourth-order valence-electron chi connectivity index (χ4n) is 3.02. The smallest absolute Gasteiger partial charge is 0.252 e. The first-order valence-corrected chi connectivity index (χ1v) is 7.02. The molecule has 2 unspecified atom stereocenters. The molecular formula is C17H19NO. The molecule has 0 radical (unpaired) electrons. The number of fused-ring (bicyclic) bond motifs is 1. The van der Waals surface area contributed by atoms with Gasteiger partial charge in [-0.15, -0.1) is 0 Å². The maximum absolute atomic E-state index is 12.4. The van der Waals surface area contributed by atoms with E-state index in [1.165, 1.54) is 6.42 Å². The normalized spacial score (nSPS) is 22.6. The van der Waals surface area contributed by atoms with Gasteiger partial charge in [0.15, 0.2) is 0 Å². The molecule has 1 N–H and O–H groups in total. The second-order valence-corrected chi connectivity index (χ2v) is 5.62. The van der Waals surface area contributed by atoms with Gasteiger partial charge >= 0.3 is 0 Å². The average Bonchev–Trinajstić information content (AvgIpc) is 2.83. The molecule has 1 aliphatic rings. The van der Waals surface area contributed by atoms with Gasteiger partial charge in [-0.05, 0) is 42.0 Å². The van der Waals surface area contributed by atoms with Gasteiger partial charge in [0.2, 0.25) is 0 Å². The van der Waals surface area contributed by atoms with E-state index in [0.29, 0.717) is 6.04 Å². The predicted molar refractivity (Wildman–Crippen MR) is 78.2 cm³/mol. The van der Waals surface area contributed by atoms with Crippen molar-refractivity contribution < 1.29 is 4.79 Å². The molecule has 2 heteroatoms. The Morgan fingerprint density at radius 1 is 1.11 bits per heavy atom. The number of hydrogen-bond donors (Lipinski definition) is 1. The van der Waals surface area contributed by atoms with Crippen molar-refractivity contribution in [2.24, 2.45) is 5.92 Å². The van der Waals surface area contributed by atoms with Crippen molar-refractivity contribution in [3.8, 4) is 0 Å². The molecule has 3 rings (SSSR count). The van der Waals surface area contributed by atoms with Crippen LogP contribution in [0.1, 0.15) is 36.5 Å². The summed E-state index contributed by atoms with van der Waals surface area (Å²) in [4.78, 5) is 12.4. The number of nitrogens with one attached hydrogen (secondary N) is 1. The minimum absolute atomic E-state index is 0.0656. The topological polar surface area (TPSA) is 29.1 Å². The Labute approximate surface area is 113 Å². The van der Waals surface area contributed by atoms with Crippen LogP contribution >= 0.6 is 0 Å². The molecule has 0 spiro atoms. The number of amides is 1. The van der Waals surface area contributed by atoms with Gasteiger partial charge in [0.1, 0.15) is 0 Å². The van der Waals surface area contributed by atoms with E-state index in [9.17, 15) is 4.79 Å². The number of rotatable bonds is 2. The highest BCUT2D eigenvalue weighted by Crippen LogP contribution is 2.25. The Bertz CT molecular complexity index is 600. The molecule has 1 aliphatic carbocycles. The monoisotopic (exact) mass is 253 g/mol. The number of carbonyl (C=O) groups excluding carboxylic acids is 1. The maximum atomic E-state index is 12.4. The summed E-state index contributed by atoms with van der Waals surface area (Å²) in [5, 5.41) is 5.33. The summed E-state index contributed by atoms with van der Waals surface area (Å²) < 4.78 is 0. The minimum Gasteiger partial charge on any atom is -0.349 e. The van der Waals surface area contributed by atoms with Crippen LogP contribution < -0.4 is 5.32 Å². The van der Waals surface area contributed by atoms with Crippen LogP contribution in [0.15, 0.2) is 42.5 Å². The van der Waals surface area contributed by atoms with Crippen LogP contribution in [0, 0.1) is 5.92 Å². The third-order valence-electron chi connectivity index (χ3n) is 4.06. The first-order valence-electron chi connectivity index (χ1n) is 7.02. The lowest BCUT2D eigenvalue weighted by molar-refractivity contribution is 0.0939. The Morgan fingerprint density at radius 2 is 1.89 bits per heavy atom. The van der Waals surface area contributed by atoms with E-state index in [1.807, 2.05) is 42.5 Å². The zero-order valence-electron chi connectivity index (χ0n) is 11.2. The van der Waals surface area contributed by atoms with Crippen LogP contribution in [0.25, 0.3) is 10.8 Å². The molecule has 1 saturated carbocycles. The minimum atomic E-state index is 0.0656. The van der Waals surface area contributed by atoms with Crippen LogP contribution in [0.4, 0.5) is 0 Å². The standard InChI is InChI=1S/C17H19NO/c1-12-9-10-14(11-12)18-17(19)16-8-4-6-13-5-2-3-7-15(13)16/h2-8,12,14H,9-11H2,1H3,(H,18,19). The van der Waals surface area contributed by atoms with Gasteiger partial charge in [-0.1, -0.05) is 43.3 Å². The van der Waals surface area contributed by atoms with Crippen LogP contribution in [0.3, 0.4) is 0 Å². The summed E-state index contributed by atoms with van der Waals surface area (Å²) in [6.07, 6.45) is 3.44. The summed E-state index contributed by atoms with van der Waals surface area (Å²) in [6.45, 7) is 2.25. The first-order chi connectivity index (χ1) is 9.24. The molecule has 19 heavy (non-hydrogen) atoms. The van der Waals surface area contributed by atoms with Crippen molar-refractivity contribution in [3.05, 3.63) is 48.0 Å². The summed E-state index contributed by atoms with van der Waals surface area (Å²) in [7, 11) is 0. The second-order valence-electron chi connectivity index (χ2n) is 5.62. The van der Waals surface area contributed by atoms with E-state index in [4.69, 9.17) is 0 Å². The van der Waals surface area contributed by atoms with E-state index in [0.717, 1.165) is 35.1 Å². The SMILES string of the molecule is CC1CCC(NC(=O)c2cccc3ccccc23)C1. The molecule has 2 aromatic carbocycles. The highest BCUT2D eigenvalue weighted by Gasteiger charge is 2.23. The Balaban J connectivity index is 1.85. The molecule has 0 aliphatic heterocycles. The van der Waals surface area contributed by atoms with Crippen molar-refractivity contribution in [3.63, 3.8) is 0 Å². The Hall–Kier alpha value is -1.83. The molecule has 0 bridgehead atoms. The fourth-order valence-corrected chi connectivity index (χ4v) is 3.02. The third kappa shape index (κ3) is 2.48. The summed E-state index contributed by atoms with van der Waals surface area (Å²) in [6, 6.07) is 14.3. The predicted octanol–water partition coefficient (Wildman–Crippen LogP) is 3.76. The lowest BCUT2D eigenvalue weighted by Gasteiger charge is -2.13. The molecule has 1 amide bonds. The molecule has 1 fully saturated rings. The van der Waals surface area contributed by atoms with Gasteiger partial charge < -0.3 is 5.32 Å². The molecular weight excluding hydrogens is 234 g/mol. The van der Waals surface area contributed by atoms with Crippen molar-refractivity contribution in [2.45, 2.75) is 32.2 Å². The lowest BCUT2D eigenvalue weighted by atomic mass is 10.0. The van der Waals surface area contributed by atoms with Crippen molar-refractivity contribution >= 4 is 16.7 Å². The van der Waals surface area contributed by atoms with Crippen LogP contribution in [-0.2, 0) is 0 Å². The molecule has 0 heterocycles. The third-order valence-corrected chi connectivity index (χ3v) is 4.06. The summed E-state index contributed by atoms with van der Waals surface area (Å²) in [5.74, 6) is 0.800. The Kier molecular flexibility index (Phi) is 3.24. The fraction of sp³-hybridized carbons (Fsp3) is 0.353. The summed E-state index contributed by atoms with van der Waals surface area (Å²) >= 11 is 0. The van der Waals surface area contributed by atoms with Crippen LogP contribution in [0.2, 0.25) is 0 Å². The van der Waals surface area contributed by atoms with E-state index < -0.39 is 0 Å². The van der Waals surface area contributed by atoms with E-state index in [1.54, 1.807) is 0 Å². The van der Waals surface area contributed by atoms with Crippen LogP contribution in [-0.4, -0.2) is 11.9 Å². The van der Waals surface area contributed by atoms with E-state index >= 15 is 0 Å². The first kappa shape index (κ1) is 12.2. The largest absolute Gasteiger partial charge is 0.349 e. The summed E-state index contributed by atoms with van der Waals surface area (Å²) in [5.41, 5.74) is 0.789. The molecule has 2 atom stereocenters. The van der Waals surface area contributed by atoms with Gasteiger partial charge in [0, 0.05) is 11.6 Å². The lowest BCUT2D eigenvalue weighted by Crippen LogP contribution is -2.32. The molecule has 2 aromatic rings. The number of hydrogen-bond acceptors (Lipinski definition) is 1. The molecule has 0 saturated heterocycles. The van der Waals surface area contributed by atoms with Gasteiger partial charge in [-0.2, -0.15) is 0 Å². The van der Waals surface area contributed by atoms with Gasteiger partial charge in [0.25, 0.3) is 5.91 Å². The van der Waals surface area contributed by atoms with Gasteiger partial charge in [-0.25, -0.2) is 0 Å². The quantitative estimate of drug-likeness (QED) is 0.867. The highest BCUT2D eigenvalue weighted by atomic mass is 16.1. The second kappa shape index (κ2) is 5.04. The van der Waals surface area contributed by atoms with Crippen LogP contribution in [0.5, 0.6) is 0 Å². The average molecular weight is 253 g/mol. The zero-order valence-corrected chi connectivity index (χ0v) is 11.2. The van der Waals surface area contributed by atoms with Gasteiger partial charge in [-0.3, -0.25) is 4.79 Å². The molecule has 98 valence electrons. The number of benzene rings is 2. The van der Waals surface area contributed by atoms with Crippen molar-refractivity contribution in [1.29, 1.82) is 0 Å². The van der Waals surface area contributed by atoms with Gasteiger partial charge in [0.05, 0.1) is 0 Å². The molecule has 2 nitrogen and oxygen atoms in total. The van der Waals surface area contributed by atoms with E-state index in [2.05, 4.69) is 12.2 Å². The zero-order chi connectivity index (χ0) is 13.2. The van der Waals surface area contributed by atoms with Crippen molar-refractivity contribution in [2.75, 3.05) is 0 Å². The molecule has 0 aromatic heterocycles. The highest BCUT2D eigenvalue weighted by molar-refractivity contribution is 6.07. The van der Waals surface area contributed by atoms with E-state index in [-0.39, 0.29) is 5.91 Å². The maximum Gasteiger partial charge on any atom is 0.252 e. The van der Waals surface area contributed by atoms with Crippen molar-refractivity contribution in [1.82, 2.24) is 5.32 Å².